The van der Waals surface area contributed by atoms with Gasteiger partial charge in [0, 0.05) is 12.1 Å². The first kappa shape index (κ1) is 15.7. The van der Waals surface area contributed by atoms with Gasteiger partial charge >= 0.3 is 0 Å². The summed E-state index contributed by atoms with van der Waals surface area (Å²) in [7, 11) is 0. The molecule has 2 aromatic carbocycles. The molecule has 0 heterocycles. The Balaban J connectivity index is 1.99. The van der Waals surface area contributed by atoms with E-state index in [1.165, 1.54) is 29.7 Å². The average Bonchev–Trinajstić information content (AvgIpc) is 2.49. The van der Waals surface area contributed by atoms with Crippen LogP contribution in [0.5, 0.6) is 0 Å². The summed E-state index contributed by atoms with van der Waals surface area (Å²) in [4.78, 5) is 0. The van der Waals surface area contributed by atoms with Crippen molar-refractivity contribution in [3.8, 4) is 0 Å². The Bertz CT molecular complexity index is 545. The van der Waals surface area contributed by atoms with E-state index in [2.05, 4.69) is 50.4 Å². The second-order valence-electron chi connectivity index (χ2n) is 5.65. The molecule has 0 saturated heterocycles. The molecular formula is C19H24FN. The van der Waals surface area contributed by atoms with Crippen LogP contribution in [0.15, 0.2) is 48.5 Å². The monoisotopic (exact) mass is 285 g/mol. The Morgan fingerprint density at radius 2 is 1.33 bits per heavy atom. The van der Waals surface area contributed by atoms with Gasteiger partial charge in [-0.05, 0) is 49.1 Å². The summed E-state index contributed by atoms with van der Waals surface area (Å²) in [5, 5.41) is 3.56. The first-order valence-electron chi connectivity index (χ1n) is 7.70. The maximum absolute atomic E-state index is 13.0. The highest BCUT2D eigenvalue weighted by atomic mass is 19.1. The molecule has 2 rings (SSSR count). The van der Waals surface area contributed by atoms with E-state index in [9.17, 15) is 4.39 Å². The van der Waals surface area contributed by atoms with Crippen LogP contribution >= 0.6 is 0 Å². The molecule has 21 heavy (non-hydrogen) atoms. The van der Waals surface area contributed by atoms with Gasteiger partial charge in [0.25, 0.3) is 0 Å². The third kappa shape index (κ3) is 4.40. The minimum atomic E-state index is -0.189. The summed E-state index contributed by atoms with van der Waals surface area (Å²) < 4.78 is 13.0. The van der Waals surface area contributed by atoms with E-state index < -0.39 is 0 Å². The molecule has 1 nitrogen and oxygen atoms in total. The molecule has 0 spiro atoms. The Hall–Kier alpha value is -1.67. The van der Waals surface area contributed by atoms with Gasteiger partial charge in [-0.2, -0.15) is 0 Å². The van der Waals surface area contributed by atoms with Gasteiger partial charge in [-0.1, -0.05) is 49.7 Å². The van der Waals surface area contributed by atoms with Crippen molar-refractivity contribution in [2.75, 3.05) is 0 Å². The lowest BCUT2D eigenvalue weighted by atomic mass is 10.0. The maximum atomic E-state index is 13.0. The molecule has 2 aromatic rings. The minimum Gasteiger partial charge on any atom is -0.304 e. The van der Waals surface area contributed by atoms with Crippen LogP contribution in [0.2, 0.25) is 0 Å². The van der Waals surface area contributed by atoms with Crippen LogP contribution in [0.3, 0.4) is 0 Å². The fraction of sp³-hybridized carbons (Fsp3) is 0.368. The van der Waals surface area contributed by atoms with E-state index in [1.54, 1.807) is 0 Å². The Kier molecular flexibility index (Phi) is 5.51. The first-order valence-corrected chi connectivity index (χ1v) is 7.70. The van der Waals surface area contributed by atoms with Crippen molar-refractivity contribution < 1.29 is 4.39 Å². The van der Waals surface area contributed by atoms with Gasteiger partial charge in [-0.3, -0.25) is 0 Å². The second kappa shape index (κ2) is 7.37. The van der Waals surface area contributed by atoms with Crippen molar-refractivity contribution >= 4 is 0 Å². The highest BCUT2D eigenvalue weighted by molar-refractivity contribution is 5.26. The highest BCUT2D eigenvalue weighted by Crippen LogP contribution is 2.20. The summed E-state index contributed by atoms with van der Waals surface area (Å²) in [5.41, 5.74) is 3.77. The SMILES string of the molecule is CCCc1ccc(C(C)N[C@H](C)c2ccc(F)cc2)cc1. The number of hydrogen-bond acceptors (Lipinski definition) is 1. The molecule has 1 unspecified atom stereocenters. The predicted octanol–water partition coefficient (Wildman–Crippen LogP) is 5.19. The van der Waals surface area contributed by atoms with Crippen molar-refractivity contribution in [1.82, 2.24) is 5.32 Å². The molecule has 0 amide bonds. The van der Waals surface area contributed by atoms with E-state index in [0.717, 1.165) is 12.0 Å². The molecular weight excluding hydrogens is 261 g/mol. The summed E-state index contributed by atoms with van der Waals surface area (Å²) in [6, 6.07) is 16.0. The van der Waals surface area contributed by atoms with Crippen LogP contribution in [0.4, 0.5) is 4.39 Å². The fourth-order valence-corrected chi connectivity index (χ4v) is 2.58. The van der Waals surface area contributed by atoms with Gasteiger partial charge in [-0.15, -0.1) is 0 Å². The zero-order valence-electron chi connectivity index (χ0n) is 13.1. The first-order chi connectivity index (χ1) is 10.1. The van der Waals surface area contributed by atoms with Crippen LogP contribution in [0.1, 0.15) is 56.0 Å². The molecule has 0 aliphatic rings. The molecule has 0 bridgehead atoms. The van der Waals surface area contributed by atoms with Crippen LogP contribution in [-0.4, -0.2) is 0 Å². The van der Waals surface area contributed by atoms with Crippen molar-refractivity contribution in [3.63, 3.8) is 0 Å². The van der Waals surface area contributed by atoms with Gasteiger partial charge in [0.05, 0.1) is 0 Å². The minimum absolute atomic E-state index is 0.189. The molecule has 0 aliphatic carbocycles. The van der Waals surface area contributed by atoms with Gasteiger partial charge in [0.1, 0.15) is 5.82 Å². The summed E-state index contributed by atoms with van der Waals surface area (Å²) in [5.74, 6) is -0.189. The standard InChI is InChI=1S/C19H24FN/c1-4-5-16-6-8-17(9-7-16)14(2)21-15(3)18-10-12-19(20)13-11-18/h6-15,21H,4-5H2,1-3H3/t14?,15-/m1/s1. The van der Waals surface area contributed by atoms with Gasteiger partial charge in [0.2, 0.25) is 0 Å². The zero-order chi connectivity index (χ0) is 15.2. The lowest BCUT2D eigenvalue weighted by molar-refractivity contribution is 0.494. The quantitative estimate of drug-likeness (QED) is 0.770. The summed E-state index contributed by atoms with van der Waals surface area (Å²) in [6.45, 7) is 6.46. The Morgan fingerprint density at radius 3 is 1.81 bits per heavy atom. The third-order valence-electron chi connectivity index (χ3n) is 3.89. The van der Waals surface area contributed by atoms with Gasteiger partial charge in [-0.25, -0.2) is 4.39 Å². The Morgan fingerprint density at radius 1 is 0.857 bits per heavy atom. The van der Waals surface area contributed by atoms with Crippen molar-refractivity contribution in [3.05, 3.63) is 71.0 Å². The van der Waals surface area contributed by atoms with E-state index in [1.807, 2.05) is 12.1 Å². The molecule has 0 radical (unpaired) electrons. The third-order valence-corrected chi connectivity index (χ3v) is 3.89. The number of benzene rings is 2. The van der Waals surface area contributed by atoms with Crippen LogP contribution in [-0.2, 0) is 6.42 Å². The number of halogens is 1. The van der Waals surface area contributed by atoms with E-state index in [-0.39, 0.29) is 17.9 Å². The van der Waals surface area contributed by atoms with Crippen LogP contribution in [0, 0.1) is 5.82 Å². The number of aryl methyl sites for hydroxylation is 1. The van der Waals surface area contributed by atoms with Crippen molar-refractivity contribution in [2.24, 2.45) is 0 Å². The van der Waals surface area contributed by atoms with Crippen molar-refractivity contribution in [2.45, 2.75) is 45.7 Å². The molecule has 2 heteroatoms. The largest absolute Gasteiger partial charge is 0.304 e. The second-order valence-corrected chi connectivity index (χ2v) is 5.65. The predicted molar refractivity (Wildman–Crippen MR) is 86.8 cm³/mol. The lowest BCUT2D eigenvalue weighted by Gasteiger charge is -2.21. The van der Waals surface area contributed by atoms with E-state index in [0.29, 0.717) is 0 Å². The van der Waals surface area contributed by atoms with E-state index in [4.69, 9.17) is 0 Å². The van der Waals surface area contributed by atoms with E-state index >= 15 is 0 Å². The topological polar surface area (TPSA) is 12.0 Å². The summed E-state index contributed by atoms with van der Waals surface area (Å²) >= 11 is 0. The molecule has 1 N–H and O–H groups in total. The molecule has 0 fully saturated rings. The van der Waals surface area contributed by atoms with Crippen LogP contribution in [0.25, 0.3) is 0 Å². The highest BCUT2D eigenvalue weighted by Gasteiger charge is 2.11. The summed E-state index contributed by atoms with van der Waals surface area (Å²) in [6.07, 6.45) is 2.31. The Labute approximate surface area is 127 Å². The van der Waals surface area contributed by atoms with Gasteiger partial charge < -0.3 is 5.32 Å². The number of hydrogen-bond donors (Lipinski definition) is 1. The molecule has 0 aliphatic heterocycles. The maximum Gasteiger partial charge on any atom is 0.123 e. The molecule has 2 atom stereocenters. The molecule has 0 saturated carbocycles. The smallest absolute Gasteiger partial charge is 0.123 e. The average molecular weight is 285 g/mol. The normalized spacial score (nSPS) is 13.9. The molecule has 0 aromatic heterocycles. The van der Waals surface area contributed by atoms with Gasteiger partial charge in [0.15, 0.2) is 0 Å². The van der Waals surface area contributed by atoms with Crippen LogP contribution < -0.4 is 5.32 Å². The lowest BCUT2D eigenvalue weighted by Crippen LogP contribution is -2.22. The molecule has 112 valence electrons. The number of nitrogens with one attached hydrogen (secondary N) is 1. The fourth-order valence-electron chi connectivity index (χ4n) is 2.58. The van der Waals surface area contributed by atoms with Crippen molar-refractivity contribution in [1.29, 1.82) is 0 Å². The number of rotatable bonds is 6. The zero-order valence-corrected chi connectivity index (χ0v) is 13.1.